The molecule has 2 nitrogen and oxygen atoms in total. The van der Waals surface area contributed by atoms with Gasteiger partial charge in [-0.25, -0.2) is 0 Å². The number of rotatable bonds is 2. The molecule has 4 heteroatoms. The summed E-state index contributed by atoms with van der Waals surface area (Å²) in [6.45, 7) is 0. The fourth-order valence-corrected chi connectivity index (χ4v) is 2.70. The molecule has 0 aliphatic carbocycles. The zero-order valence-electron chi connectivity index (χ0n) is 7.53. The highest BCUT2D eigenvalue weighted by atomic mass is 32.2. The molecule has 1 aliphatic heterocycles. The van der Waals surface area contributed by atoms with Crippen LogP contribution in [0.25, 0.3) is 0 Å². The third kappa shape index (κ3) is 1.48. The molecule has 0 bridgehead atoms. The highest BCUT2D eigenvalue weighted by Gasteiger charge is 2.37. The van der Waals surface area contributed by atoms with E-state index >= 15 is 0 Å². The largest absolute Gasteiger partial charge is 0.447 e. The Morgan fingerprint density at radius 1 is 1.23 bits per heavy atom. The van der Waals surface area contributed by atoms with Gasteiger partial charge in [0.05, 0.1) is 5.69 Å². The second-order valence-corrected chi connectivity index (χ2v) is 4.91. The van der Waals surface area contributed by atoms with Gasteiger partial charge in [-0.05, 0) is 24.6 Å². The number of hydrogen-bond donors (Lipinski definition) is 1. The minimum Gasteiger partial charge on any atom is -0.447 e. The van der Waals surface area contributed by atoms with Crippen molar-refractivity contribution in [1.82, 2.24) is 0 Å². The Kier molecular flexibility index (Phi) is 2.34. The van der Waals surface area contributed by atoms with Crippen LogP contribution < -0.4 is 10.1 Å². The zero-order chi connectivity index (χ0) is 9.31. The van der Waals surface area contributed by atoms with Crippen LogP contribution in [0.15, 0.2) is 24.3 Å². The normalized spacial score (nSPS) is 17.4. The number of benzene rings is 1. The molecule has 1 heterocycles. The van der Waals surface area contributed by atoms with E-state index in [1.165, 1.54) is 0 Å². The molecule has 0 unspecified atom stereocenters. The van der Waals surface area contributed by atoms with E-state index in [0.29, 0.717) is 0 Å². The second-order valence-electron chi connectivity index (χ2n) is 2.69. The van der Waals surface area contributed by atoms with Crippen molar-refractivity contribution < 1.29 is 4.74 Å². The molecule has 70 valence electrons. The first kappa shape index (κ1) is 9.09. The van der Waals surface area contributed by atoms with E-state index in [4.69, 9.17) is 4.74 Å². The average Bonchev–Trinajstić information content (AvgIpc) is 2.57. The number of fused-ring (bicyclic) bond motifs is 1. The summed E-state index contributed by atoms with van der Waals surface area (Å²) in [6, 6.07) is 8.00. The molecule has 1 N–H and O–H groups in total. The Bertz CT molecular complexity index is 285. The summed E-state index contributed by atoms with van der Waals surface area (Å²) in [5.74, 6) is 0.936. The van der Waals surface area contributed by atoms with Crippen LogP contribution >= 0.6 is 23.5 Å². The van der Waals surface area contributed by atoms with Crippen molar-refractivity contribution in [3.05, 3.63) is 24.3 Å². The predicted molar refractivity (Wildman–Crippen MR) is 60.5 cm³/mol. The van der Waals surface area contributed by atoms with Crippen LogP contribution in [0.1, 0.15) is 0 Å². The molecule has 0 radical (unpaired) electrons. The van der Waals surface area contributed by atoms with Gasteiger partial charge in [0, 0.05) is 0 Å². The summed E-state index contributed by atoms with van der Waals surface area (Å²) in [5.41, 5.74) is 1.08. The molecule has 1 aromatic carbocycles. The zero-order valence-corrected chi connectivity index (χ0v) is 9.17. The number of hydrogen-bond acceptors (Lipinski definition) is 4. The van der Waals surface area contributed by atoms with E-state index in [9.17, 15) is 0 Å². The topological polar surface area (TPSA) is 21.3 Å². The van der Waals surface area contributed by atoms with E-state index in [-0.39, 0.29) is 4.39 Å². The van der Waals surface area contributed by atoms with Gasteiger partial charge in [-0.1, -0.05) is 35.7 Å². The monoisotopic (exact) mass is 213 g/mol. The Morgan fingerprint density at radius 2 is 1.92 bits per heavy atom. The van der Waals surface area contributed by atoms with Crippen molar-refractivity contribution in [2.24, 2.45) is 0 Å². The maximum Gasteiger partial charge on any atom is 0.278 e. The summed E-state index contributed by atoms with van der Waals surface area (Å²) >= 11 is 3.33. The molecule has 0 spiro atoms. The number of para-hydroxylation sites is 2. The standard InChI is InChI=1S/C9H11NOS2/c1-12-9(13-2)10-7-5-3-4-6-8(7)11-9/h3-6,10H,1-2H3. The lowest BCUT2D eigenvalue weighted by Gasteiger charge is -2.23. The van der Waals surface area contributed by atoms with Gasteiger partial charge in [-0.15, -0.1) is 0 Å². The average molecular weight is 213 g/mol. The maximum absolute atomic E-state index is 5.81. The van der Waals surface area contributed by atoms with E-state index in [2.05, 4.69) is 5.32 Å². The first-order valence-corrected chi connectivity index (χ1v) is 6.41. The molecule has 0 amide bonds. The summed E-state index contributed by atoms with van der Waals surface area (Å²) in [4.78, 5) is 0. The Balaban J connectivity index is 2.30. The third-order valence-corrected chi connectivity index (χ3v) is 4.40. The van der Waals surface area contributed by atoms with Gasteiger partial charge >= 0.3 is 0 Å². The van der Waals surface area contributed by atoms with Gasteiger partial charge in [-0.2, -0.15) is 0 Å². The van der Waals surface area contributed by atoms with Crippen LogP contribution in [0.2, 0.25) is 0 Å². The van der Waals surface area contributed by atoms with E-state index in [1.54, 1.807) is 23.5 Å². The molecule has 1 aromatic rings. The van der Waals surface area contributed by atoms with Crippen LogP contribution in [0.4, 0.5) is 5.69 Å². The lowest BCUT2D eigenvalue weighted by molar-refractivity contribution is 0.311. The summed E-state index contributed by atoms with van der Waals surface area (Å²) in [5, 5.41) is 3.35. The minimum absolute atomic E-state index is 0.330. The van der Waals surface area contributed by atoms with Crippen molar-refractivity contribution in [1.29, 1.82) is 0 Å². The van der Waals surface area contributed by atoms with Gasteiger partial charge in [-0.3, -0.25) is 0 Å². The molecule has 13 heavy (non-hydrogen) atoms. The second kappa shape index (κ2) is 3.35. The third-order valence-electron chi connectivity index (χ3n) is 1.96. The molecule has 0 atom stereocenters. The van der Waals surface area contributed by atoms with Crippen molar-refractivity contribution in [3.63, 3.8) is 0 Å². The number of nitrogens with one attached hydrogen (secondary N) is 1. The Morgan fingerprint density at radius 3 is 2.54 bits per heavy atom. The molecular weight excluding hydrogens is 202 g/mol. The first-order chi connectivity index (χ1) is 6.29. The highest BCUT2D eigenvalue weighted by Crippen LogP contribution is 2.45. The van der Waals surface area contributed by atoms with Crippen molar-refractivity contribution in [3.8, 4) is 5.75 Å². The predicted octanol–water partition coefficient (Wildman–Crippen LogP) is 2.83. The van der Waals surface area contributed by atoms with Crippen LogP contribution in [-0.4, -0.2) is 16.9 Å². The van der Waals surface area contributed by atoms with Crippen LogP contribution in [0.5, 0.6) is 5.75 Å². The van der Waals surface area contributed by atoms with Crippen molar-refractivity contribution in [2.45, 2.75) is 4.39 Å². The quantitative estimate of drug-likeness (QED) is 0.762. The SMILES string of the molecule is CSC1(SC)Nc2ccccc2O1. The molecule has 0 saturated heterocycles. The van der Waals surface area contributed by atoms with Crippen LogP contribution in [-0.2, 0) is 0 Å². The lowest BCUT2D eigenvalue weighted by Crippen LogP contribution is -2.31. The molecule has 0 fully saturated rings. The van der Waals surface area contributed by atoms with Gasteiger partial charge in [0.15, 0.2) is 0 Å². The van der Waals surface area contributed by atoms with Gasteiger partial charge < -0.3 is 10.1 Å². The van der Waals surface area contributed by atoms with Crippen LogP contribution in [0.3, 0.4) is 0 Å². The highest BCUT2D eigenvalue weighted by molar-refractivity contribution is 8.17. The first-order valence-electron chi connectivity index (χ1n) is 3.96. The van der Waals surface area contributed by atoms with Crippen molar-refractivity contribution in [2.75, 3.05) is 17.8 Å². The molecule has 0 saturated carbocycles. The van der Waals surface area contributed by atoms with Crippen LogP contribution in [0, 0.1) is 0 Å². The summed E-state index contributed by atoms with van der Waals surface area (Å²) < 4.78 is 5.48. The van der Waals surface area contributed by atoms with Gasteiger partial charge in [0.2, 0.25) is 0 Å². The molecule has 1 aliphatic rings. The molecular formula is C9H11NOS2. The number of anilines is 1. The summed E-state index contributed by atoms with van der Waals surface area (Å²) in [7, 11) is 0. The number of thioether (sulfide) groups is 2. The number of ether oxygens (including phenoxy) is 1. The molecule has 0 aromatic heterocycles. The Hall–Kier alpha value is -0.480. The van der Waals surface area contributed by atoms with Gasteiger partial charge in [0.25, 0.3) is 4.39 Å². The van der Waals surface area contributed by atoms with E-state index in [1.807, 2.05) is 36.8 Å². The summed E-state index contributed by atoms with van der Waals surface area (Å²) in [6.07, 6.45) is 4.07. The van der Waals surface area contributed by atoms with Crippen molar-refractivity contribution >= 4 is 29.2 Å². The smallest absolute Gasteiger partial charge is 0.278 e. The fourth-order valence-electron chi connectivity index (χ4n) is 1.26. The molecule has 2 rings (SSSR count). The van der Waals surface area contributed by atoms with Gasteiger partial charge in [0.1, 0.15) is 5.75 Å². The minimum atomic E-state index is -0.330. The maximum atomic E-state index is 5.81. The fraction of sp³-hybridized carbons (Fsp3) is 0.333. The Labute approximate surface area is 86.4 Å². The van der Waals surface area contributed by atoms with E-state index in [0.717, 1.165) is 11.4 Å². The van der Waals surface area contributed by atoms with E-state index < -0.39 is 0 Å². The lowest BCUT2D eigenvalue weighted by atomic mass is 10.3.